The van der Waals surface area contributed by atoms with E-state index < -0.39 is 4.92 Å². The van der Waals surface area contributed by atoms with E-state index >= 15 is 0 Å². The van der Waals surface area contributed by atoms with Crippen LogP contribution >= 0.6 is 22.6 Å². The fourth-order valence-corrected chi connectivity index (χ4v) is 2.41. The minimum Gasteiger partial charge on any atom is -0.258 e. The second-order valence-corrected chi connectivity index (χ2v) is 4.25. The molecule has 6 heteroatoms. The average Bonchev–Trinajstić information content (AvgIpc) is 2.55. The summed E-state index contributed by atoms with van der Waals surface area (Å²) < 4.78 is 2.10. The highest BCUT2D eigenvalue weighted by molar-refractivity contribution is 14.1. The number of hydrogen-bond donors (Lipinski definition) is 0. The summed E-state index contributed by atoms with van der Waals surface area (Å²) in [5.41, 5.74) is 1.32. The first kappa shape index (κ1) is 11.1. The molecule has 2 aromatic rings. The fourth-order valence-electron chi connectivity index (χ4n) is 1.44. The first-order chi connectivity index (χ1) is 7.61. The number of aromatic nitrogens is 2. The highest BCUT2D eigenvalue weighted by Gasteiger charge is 2.23. The summed E-state index contributed by atoms with van der Waals surface area (Å²) in [5.74, 6) is 0. The number of halogens is 1. The molecule has 0 saturated carbocycles. The standard InChI is InChI=1S/C10H8IN3O2/c1-7-9(14(15)16)10(11)13(12-7)8-5-3-2-4-6-8/h2-6H,1H3. The number of hydrogen-bond acceptors (Lipinski definition) is 3. The maximum Gasteiger partial charge on any atom is 0.323 e. The van der Waals surface area contributed by atoms with Crippen LogP contribution in [0.5, 0.6) is 0 Å². The Morgan fingerprint density at radius 3 is 2.50 bits per heavy atom. The van der Waals surface area contributed by atoms with Crippen molar-refractivity contribution >= 4 is 28.3 Å². The lowest BCUT2D eigenvalue weighted by atomic mass is 10.3. The summed E-state index contributed by atoms with van der Waals surface area (Å²) in [7, 11) is 0. The van der Waals surface area contributed by atoms with Crippen LogP contribution in [0.4, 0.5) is 5.69 Å². The summed E-state index contributed by atoms with van der Waals surface area (Å²) in [4.78, 5) is 10.4. The fraction of sp³-hybridized carbons (Fsp3) is 0.100. The van der Waals surface area contributed by atoms with Gasteiger partial charge in [-0.05, 0) is 41.6 Å². The molecule has 0 aliphatic carbocycles. The van der Waals surface area contributed by atoms with E-state index in [1.807, 2.05) is 52.9 Å². The number of para-hydroxylation sites is 1. The quantitative estimate of drug-likeness (QED) is 0.483. The molecule has 0 N–H and O–H groups in total. The van der Waals surface area contributed by atoms with Crippen molar-refractivity contribution < 1.29 is 4.92 Å². The minimum absolute atomic E-state index is 0.0736. The number of rotatable bonds is 2. The number of benzene rings is 1. The van der Waals surface area contributed by atoms with E-state index in [0.717, 1.165) is 5.69 Å². The third-order valence-electron chi connectivity index (χ3n) is 2.16. The normalized spacial score (nSPS) is 10.4. The van der Waals surface area contributed by atoms with Crippen LogP contribution in [-0.2, 0) is 0 Å². The van der Waals surface area contributed by atoms with Gasteiger partial charge in [0.25, 0.3) is 0 Å². The predicted molar refractivity (Wildman–Crippen MR) is 67.7 cm³/mol. The first-order valence-electron chi connectivity index (χ1n) is 4.56. The van der Waals surface area contributed by atoms with Crippen molar-refractivity contribution in [3.63, 3.8) is 0 Å². The Labute approximate surface area is 105 Å². The van der Waals surface area contributed by atoms with Gasteiger partial charge in [-0.3, -0.25) is 10.1 Å². The molecule has 82 valence electrons. The molecule has 0 aliphatic rings. The molecule has 0 saturated heterocycles. The van der Waals surface area contributed by atoms with Crippen LogP contribution in [0.2, 0.25) is 0 Å². The Kier molecular flexibility index (Phi) is 2.90. The van der Waals surface area contributed by atoms with Crippen molar-refractivity contribution in [3.05, 3.63) is 49.8 Å². The van der Waals surface area contributed by atoms with E-state index in [-0.39, 0.29) is 5.69 Å². The van der Waals surface area contributed by atoms with Gasteiger partial charge in [0, 0.05) is 0 Å². The van der Waals surface area contributed by atoms with Gasteiger partial charge in [0.1, 0.15) is 5.69 Å². The highest BCUT2D eigenvalue weighted by Crippen LogP contribution is 2.26. The smallest absolute Gasteiger partial charge is 0.258 e. The van der Waals surface area contributed by atoms with Gasteiger partial charge in [-0.25, -0.2) is 4.68 Å². The van der Waals surface area contributed by atoms with E-state index in [0.29, 0.717) is 9.39 Å². The zero-order valence-electron chi connectivity index (χ0n) is 8.42. The summed E-state index contributed by atoms with van der Waals surface area (Å²) in [5, 5.41) is 15.0. The monoisotopic (exact) mass is 329 g/mol. The average molecular weight is 329 g/mol. The molecular formula is C10H8IN3O2. The lowest BCUT2D eigenvalue weighted by molar-refractivity contribution is -0.386. The predicted octanol–water partition coefficient (Wildman–Crippen LogP) is 2.69. The number of nitro groups is 1. The maximum absolute atomic E-state index is 10.8. The summed E-state index contributed by atoms with van der Waals surface area (Å²) in [6, 6.07) is 9.35. The van der Waals surface area contributed by atoms with Crippen molar-refractivity contribution in [1.29, 1.82) is 0 Å². The van der Waals surface area contributed by atoms with Gasteiger partial charge in [0.15, 0.2) is 3.70 Å². The molecule has 16 heavy (non-hydrogen) atoms. The molecule has 0 fully saturated rings. The molecule has 1 aromatic heterocycles. The van der Waals surface area contributed by atoms with Gasteiger partial charge in [0.05, 0.1) is 10.6 Å². The van der Waals surface area contributed by atoms with Gasteiger partial charge in [-0.15, -0.1) is 0 Å². The van der Waals surface area contributed by atoms with Gasteiger partial charge >= 0.3 is 5.69 Å². The van der Waals surface area contributed by atoms with Gasteiger partial charge in [-0.1, -0.05) is 18.2 Å². The first-order valence-corrected chi connectivity index (χ1v) is 5.64. The van der Waals surface area contributed by atoms with Gasteiger partial charge in [0.2, 0.25) is 0 Å². The molecule has 2 rings (SSSR count). The second kappa shape index (κ2) is 4.20. The molecule has 0 spiro atoms. The summed E-state index contributed by atoms with van der Waals surface area (Å²) in [6.07, 6.45) is 0. The van der Waals surface area contributed by atoms with Crippen molar-refractivity contribution in [2.75, 3.05) is 0 Å². The summed E-state index contributed by atoms with van der Waals surface area (Å²) in [6.45, 7) is 1.64. The minimum atomic E-state index is -0.399. The Morgan fingerprint density at radius 2 is 2.00 bits per heavy atom. The van der Waals surface area contributed by atoms with Gasteiger partial charge < -0.3 is 0 Å². The largest absolute Gasteiger partial charge is 0.323 e. The SMILES string of the molecule is Cc1nn(-c2ccccc2)c(I)c1[N+](=O)[O-]. The maximum atomic E-state index is 10.8. The van der Waals surface area contributed by atoms with Crippen LogP contribution in [0, 0.1) is 20.7 Å². The summed E-state index contributed by atoms with van der Waals surface area (Å²) >= 11 is 1.94. The zero-order valence-corrected chi connectivity index (χ0v) is 10.6. The Balaban J connectivity index is 2.61. The highest BCUT2D eigenvalue weighted by atomic mass is 127. The third kappa shape index (κ3) is 1.80. The molecule has 0 bridgehead atoms. The van der Waals surface area contributed by atoms with Crippen LogP contribution in [0.1, 0.15) is 5.69 Å². The number of nitrogens with zero attached hydrogens (tertiary/aromatic N) is 3. The van der Waals surface area contributed by atoms with Crippen LogP contribution in [0.3, 0.4) is 0 Å². The van der Waals surface area contributed by atoms with E-state index in [1.54, 1.807) is 11.6 Å². The topological polar surface area (TPSA) is 61.0 Å². The van der Waals surface area contributed by atoms with Gasteiger partial charge in [-0.2, -0.15) is 5.10 Å². The molecule has 5 nitrogen and oxygen atoms in total. The van der Waals surface area contributed by atoms with E-state index in [9.17, 15) is 10.1 Å². The van der Waals surface area contributed by atoms with Crippen LogP contribution in [0.15, 0.2) is 30.3 Å². The lowest BCUT2D eigenvalue weighted by Crippen LogP contribution is -1.99. The lowest BCUT2D eigenvalue weighted by Gasteiger charge is -2.00. The van der Waals surface area contributed by atoms with E-state index in [2.05, 4.69) is 5.10 Å². The molecule has 0 atom stereocenters. The molecule has 1 heterocycles. The van der Waals surface area contributed by atoms with Crippen molar-refractivity contribution in [1.82, 2.24) is 9.78 Å². The van der Waals surface area contributed by atoms with Crippen LogP contribution in [-0.4, -0.2) is 14.7 Å². The Bertz CT molecular complexity index is 536. The van der Waals surface area contributed by atoms with Crippen molar-refractivity contribution in [2.24, 2.45) is 0 Å². The molecule has 0 amide bonds. The molecule has 1 aromatic carbocycles. The van der Waals surface area contributed by atoms with Crippen LogP contribution in [0.25, 0.3) is 5.69 Å². The Hall–Kier alpha value is -1.44. The molecule has 0 aliphatic heterocycles. The molecular weight excluding hydrogens is 321 g/mol. The van der Waals surface area contributed by atoms with E-state index in [1.165, 1.54) is 0 Å². The zero-order chi connectivity index (χ0) is 11.7. The Morgan fingerprint density at radius 1 is 1.38 bits per heavy atom. The number of aryl methyl sites for hydroxylation is 1. The molecule has 0 radical (unpaired) electrons. The van der Waals surface area contributed by atoms with E-state index in [4.69, 9.17) is 0 Å². The third-order valence-corrected chi connectivity index (χ3v) is 3.13. The second-order valence-electron chi connectivity index (χ2n) is 3.23. The van der Waals surface area contributed by atoms with Crippen molar-refractivity contribution in [3.8, 4) is 5.69 Å². The molecule has 0 unspecified atom stereocenters. The van der Waals surface area contributed by atoms with Crippen LogP contribution < -0.4 is 0 Å². The van der Waals surface area contributed by atoms with Crippen molar-refractivity contribution in [2.45, 2.75) is 6.92 Å².